The van der Waals surface area contributed by atoms with Gasteiger partial charge >= 0.3 is 0 Å². The van der Waals surface area contributed by atoms with Gasteiger partial charge in [-0.25, -0.2) is 4.98 Å². The summed E-state index contributed by atoms with van der Waals surface area (Å²) < 4.78 is 11.4. The van der Waals surface area contributed by atoms with Crippen LogP contribution in [-0.2, 0) is 17.8 Å². The number of furan rings is 1. The lowest BCUT2D eigenvalue weighted by Crippen LogP contribution is -2.54. The summed E-state index contributed by atoms with van der Waals surface area (Å²) in [5, 5.41) is 10.1. The van der Waals surface area contributed by atoms with Gasteiger partial charge in [-0.1, -0.05) is 0 Å². The third-order valence-corrected chi connectivity index (χ3v) is 6.63. The maximum atomic E-state index is 12.7. The van der Waals surface area contributed by atoms with E-state index in [2.05, 4.69) is 31.7 Å². The van der Waals surface area contributed by atoms with Crippen LogP contribution in [0.5, 0.6) is 0 Å². The van der Waals surface area contributed by atoms with E-state index >= 15 is 0 Å². The van der Waals surface area contributed by atoms with Gasteiger partial charge in [0.15, 0.2) is 5.76 Å². The predicted octanol–water partition coefficient (Wildman–Crippen LogP) is 3.63. The molecule has 1 unspecified atom stereocenters. The maximum Gasteiger partial charge on any atom is 0.289 e. The fourth-order valence-corrected chi connectivity index (χ4v) is 4.81. The van der Waals surface area contributed by atoms with Gasteiger partial charge in [0.1, 0.15) is 11.9 Å². The smallest absolute Gasteiger partial charge is 0.289 e. The van der Waals surface area contributed by atoms with Crippen LogP contribution in [0.15, 0.2) is 22.8 Å². The number of nitriles is 1. The Bertz CT molecular complexity index is 1050. The molecule has 0 radical (unpaired) electrons. The first-order valence-electron chi connectivity index (χ1n) is 11.1. The van der Waals surface area contributed by atoms with E-state index in [0.29, 0.717) is 49.9 Å². The zero-order valence-corrected chi connectivity index (χ0v) is 18.4. The van der Waals surface area contributed by atoms with Crippen LogP contribution in [0.25, 0.3) is 0 Å². The first-order chi connectivity index (χ1) is 14.9. The minimum absolute atomic E-state index is 0.0465. The summed E-state index contributed by atoms with van der Waals surface area (Å²) in [6, 6.07) is 5.94. The molecule has 0 spiro atoms. The number of rotatable bonds is 3. The Hall–Kier alpha value is -2.85. The van der Waals surface area contributed by atoms with E-state index in [1.807, 2.05) is 4.90 Å². The number of piperazine rings is 1. The molecule has 0 aromatic carbocycles. The van der Waals surface area contributed by atoms with Crippen molar-refractivity contribution in [3.8, 4) is 6.07 Å². The van der Waals surface area contributed by atoms with Crippen molar-refractivity contribution in [2.24, 2.45) is 0 Å². The molecule has 1 amide bonds. The molecule has 7 nitrogen and oxygen atoms in total. The van der Waals surface area contributed by atoms with Crippen LogP contribution in [0, 0.1) is 11.3 Å². The minimum Gasteiger partial charge on any atom is -0.459 e. The first-order valence-corrected chi connectivity index (χ1v) is 11.1. The van der Waals surface area contributed by atoms with Gasteiger partial charge in [-0.2, -0.15) is 5.26 Å². The van der Waals surface area contributed by atoms with E-state index < -0.39 is 0 Å². The number of carbonyl (C=O) groups excluding carboxylic acids is 1. The van der Waals surface area contributed by atoms with Gasteiger partial charge in [-0.05, 0) is 51.3 Å². The summed E-state index contributed by atoms with van der Waals surface area (Å²) in [5.74, 6) is 1.53. The van der Waals surface area contributed by atoms with Crippen LogP contribution in [0.1, 0.15) is 72.5 Å². The third kappa shape index (κ3) is 3.59. The zero-order chi connectivity index (χ0) is 21.8. The highest BCUT2D eigenvalue weighted by Gasteiger charge is 2.38. The van der Waals surface area contributed by atoms with Crippen LogP contribution < -0.4 is 4.90 Å². The molecule has 2 aromatic heterocycles. The number of fused-ring (bicyclic) bond motifs is 1. The molecular formula is C24H28N4O3. The van der Waals surface area contributed by atoms with Crippen molar-refractivity contribution in [2.45, 2.75) is 64.2 Å². The van der Waals surface area contributed by atoms with Gasteiger partial charge in [0.05, 0.1) is 29.7 Å². The number of nitrogens with zero attached hydrogens (tertiary/aromatic N) is 4. The second-order valence-corrected chi connectivity index (χ2v) is 9.53. The molecule has 0 N–H and O–H groups in total. The highest BCUT2D eigenvalue weighted by Crippen LogP contribution is 2.46. The van der Waals surface area contributed by atoms with E-state index in [1.54, 1.807) is 12.1 Å². The summed E-state index contributed by atoms with van der Waals surface area (Å²) in [6.07, 6.45) is 4.53. The molecule has 7 heteroatoms. The fraction of sp³-hybridized carbons (Fsp3) is 0.542. The first kappa shape index (κ1) is 20.1. The average Bonchev–Trinajstić information content (AvgIpc) is 3.44. The van der Waals surface area contributed by atoms with Crippen molar-refractivity contribution in [1.29, 1.82) is 5.26 Å². The van der Waals surface area contributed by atoms with Gasteiger partial charge in [0.2, 0.25) is 0 Å². The zero-order valence-electron chi connectivity index (χ0n) is 18.4. The van der Waals surface area contributed by atoms with Crippen molar-refractivity contribution >= 4 is 11.7 Å². The molecule has 2 aliphatic heterocycles. The largest absolute Gasteiger partial charge is 0.459 e. The third-order valence-electron chi connectivity index (χ3n) is 6.63. The fourth-order valence-electron chi connectivity index (χ4n) is 4.81. The van der Waals surface area contributed by atoms with E-state index in [9.17, 15) is 10.1 Å². The van der Waals surface area contributed by atoms with Crippen molar-refractivity contribution in [3.63, 3.8) is 0 Å². The topological polar surface area (TPSA) is 82.6 Å². The Morgan fingerprint density at radius 3 is 2.74 bits per heavy atom. The standard InChI is InChI=1S/C24H28N4O3/c1-15-13-27(23(29)20-5-4-10-30-20)8-9-28(15)22-18(12-25)17-11-24(2,3)31-14-19(17)21(26-22)16-6-7-16/h4-5,10,15-16H,6-9,11,13-14H2,1-3H3. The molecule has 162 valence electrons. The number of anilines is 1. The number of ether oxygens (including phenoxy) is 1. The minimum atomic E-state index is -0.294. The number of pyridine rings is 1. The molecule has 2 aromatic rings. The molecular weight excluding hydrogens is 392 g/mol. The van der Waals surface area contributed by atoms with Crippen molar-refractivity contribution in [1.82, 2.24) is 9.88 Å². The van der Waals surface area contributed by atoms with E-state index in [0.717, 1.165) is 35.5 Å². The lowest BCUT2D eigenvalue weighted by molar-refractivity contribution is -0.0407. The van der Waals surface area contributed by atoms with Gasteiger partial charge in [0, 0.05) is 43.6 Å². The molecule has 1 saturated carbocycles. The average molecular weight is 421 g/mol. The summed E-state index contributed by atoms with van der Waals surface area (Å²) in [5.41, 5.74) is 3.72. The molecule has 5 rings (SSSR count). The van der Waals surface area contributed by atoms with E-state index in [1.165, 1.54) is 6.26 Å². The molecule has 1 aliphatic carbocycles. The summed E-state index contributed by atoms with van der Waals surface area (Å²) in [7, 11) is 0. The highest BCUT2D eigenvalue weighted by atomic mass is 16.5. The molecule has 4 heterocycles. The summed E-state index contributed by atoms with van der Waals surface area (Å²) in [6.45, 7) is 8.55. The number of amides is 1. The van der Waals surface area contributed by atoms with Crippen LogP contribution in [0.4, 0.5) is 5.82 Å². The quantitative estimate of drug-likeness (QED) is 0.754. The van der Waals surface area contributed by atoms with Crippen LogP contribution in [0.3, 0.4) is 0 Å². The number of hydrogen-bond donors (Lipinski definition) is 0. The Morgan fingerprint density at radius 1 is 1.29 bits per heavy atom. The second kappa shape index (κ2) is 7.38. The van der Waals surface area contributed by atoms with Crippen molar-refractivity contribution in [2.75, 3.05) is 24.5 Å². The van der Waals surface area contributed by atoms with E-state index in [4.69, 9.17) is 14.1 Å². The van der Waals surface area contributed by atoms with Gasteiger partial charge in [-0.15, -0.1) is 0 Å². The van der Waals surface area contributed by atoms with Gasteiger partial charge in [-0.3, -0.25) is 4.79 Å². The Kier molecular flexibility index (Phi) is 4.78. The highest BCUT2D eigenvalue weighted by molar-refractivity contribution is 5.91. The Labute approximate surface area is 182 Å². The summed E-state index contributed by atoms with van der Waals surface area (Å²) >= 11 is 0. The van der Waals surface area contributed by atoms with Gasteiger partial charge < -0.3 is 19.0 Å². The van der Waals surface area contributed by atoms with Crippen molar-refractivity contribution in [3.05, 3.63) is 46.5 Å². The molecule has 31 heavy (non-hydrogen) atoms. The number of aromatic nitrogens is 1. The van der Waals surface area contributed by atoms with Crippen LogP contribution in [0.2, 0.25) is 0 Å². The lowest BCUT2D eigenvalue weighted by atomic mass is 9.87. The number of hydrogen-bond acceptors (Lipinski definition) is 6. The SMILES string of the molecule is CC1CN(C(=O)c2ccco2)CCN1c1nc(C2CC2)c2c(c1C#N)CC(C)(C)OC2. The lowest BCUT2D eigenvalue weighted by Gasteiger charge is -2.42. The normalized spacial score (nSPS) is 22.7. The van der Waals surface area contributed by atoms with Crippen LogP contribution in [-0.4, -0.2) is 47.1 Å². The van der Waals surface area contributed by atoms with Gasteiger partial charge in [0.25, 0.3) is 5.91 Å². The van der Waals surface area contributed by atoms with Crippen LogP contribution >= 0.6 is 0 Å². The molecule has 2 fully saturated rings. The Morgan fingerprint density at radius 2 is 2.10 bits per heavy atom. The maximum absolute atomic E-state index is 12.7. The Balaban J connectivity index is 1.48. The van der Waals surface area contributed by atoms with E-state index in [-0.39, 0.29) is 17.6 Å². The molecule has 1 atom stereocenters. The summed E-state index contributed by atoms with van der Waals surface area (Å²) in [4.78, 5) is 21.8. The predicted molar refractivity (Wildman–Crippen MR) is 115 cm³/mol. The number of carbonyl (C=O) groups is 1. The molecule has 0 bridgehead atoms. The molecule has 3 aliphatic rings. The van der Waals surface area contributed by atoms with Crippen molar-refractivity contribution < 1.29 is 13.9 Å². The molecule has 1 saturated heterocycles. The second-order valence-electron chi connectivity index (χ2n) is 9.53. The monoisotopic (exact) mass is 420 g/mol.